The Labute approximate surface area is 129 Å². The van der Waals surface area contributed by atoms with Crippen molar-refractivity contribution in [3.05, 3.63) is 71.3 Å². The summed E-state index contributed by atoms with van der Waals surface area (Å²) in [5, 5.41) is 2.74. The summed E-state index contributed by atoms with van der Waals surface area (Å²) in [6.45, 7) is 0.562. The van der Waals surface area contributed by atoms with Gasteiger partial charge in [0, 0.05) is 18.5 Å². The topological polar surface area (TPSA) is 46.2 Å². The van der Waals surface area contributed by atoms with Crippen LogP contribution < -0.4 is 5.32 Å². The molecule has 3 nitrogen and oxygen atoms in total. The summed E-state index contributed by atoms with van der Waals surface area (Å²) in [6, 6.07) is 16.9. The number of carbonyl (C=O) groups is 2. The summed E-state index contributed by atoms with van der Waals surface area (Å²) in [4.78, 5) is 22.9. The van der Waals surface area contributed by atoms with Crippen molar-refractivity contribution in [3.63, 3.8) is 0 Å². The Hall–Kier alpha value is -2.07. The highest BCUT2D eigenvalue weighted by Crippen LogP contribution is 2.08. The maximum Gasteiger partial charge on any atom is 0.251 e. The molecule has 0 bridgehead atoms. The van der Waals surface area contributed by atoms with E-state index in [1.807, 2.05) is 42.5 Å². The summed E-state index contributed by atoms with van der Waals surface area (Å²) < 4.78 is 0. The number of nitrogens with one attached hydrogen (secondary N) is 1. The number of carbonyl (C=O) groups excluding carboxylic acids is 2. The SMILES string of the molecule is O=C(S)Cc1cccc(CCNC(=O)c2ccccc2)c1. The summed E-state index contributed by atoms with van der Waals surface area (Å²) in [6.07, 6.45) is 1.06. The van der Waals surface area contributed by atoms with Gasteiger partial charge in [-0.1, -0.05) is 42.5 Å². The molecule has 0 aliphatic heterocycles. The van der Waals surface area contributed by atoms with Gasteiger partial charge in [0.25, 0.3) is 5.91 Å². The molecule has 108 valence electrons. The molecule has 0 unspecified atom stereocenters. The first-order valence-electron chi connectivity index (χ1n) is 6.78. The molecule has 0 fully saturated rings. The monoisotopic (exact) mass is 299 g/mol. The summed E-state index contributed by atoms with van der Waals surface area (Å²) >= 11 is 3.79. The lowest BCUT2D eigenvalue weighted by Crippen LogP contribution is -2.25. The van der Waals surface area contributed by atoms with Crippen molar-refractivity contribution in [2.75, 3.05) is 6.54 Å². The summed E-state index contributed by atoms with van der Waals surface area (Å²) in [7, 11) is 0. The predicted octanol–water partition coefficient (Wildman–Crippen LogP) is 2.66. The van der Waals surface area contributed by atoms with Crippen LogP contribution in [0.2, 0.25) is 0 Å². The van der Waals surface area contributed by atoms with Crippen LogP contribution in [0.1, 0.15) is 21.5 Å². The fourth-order valence-corrected chi connectivity index (χ4v) is 2.26. The average molecular weight is 299 g/mol. The van der Waals surface area contributed by atoms with Gasteiger partial charge in [0.15, 0.2) is 5.12 Å². The second-order valence-corrected chi connectivity index (χ2v) is 5.26. The minimum Gasteiger partial charge on any atom is -0.352 e. The van der Waals surface area contributed by atoms with Crippen molar-refractivity contribution < 1.29 is 9.59 Å². The molecule has 1 N–H and O–H groups in total. The third-order valence-corrected chi connectivity index (χ3v) is 3.24. The Bertz CT molecular complexity index is 626. The fraction of sp³-hybridized carbons (Fsp3) is 0.176. The lowest BCUT2D eigenvalue weighted by Gasteiger charge is -2.06. The Morgan fingerprint density at radius 3 is 2.38 bits per heavy atom. The van der Waals surface area contributed by atoms with Crippen LogP contribution in [0, 0.1) is 0 Å². The van der Waals surface area contributed by atoms with E-state index in [4.69, 9.17) is 0 Å². The van der Waals surface area contributed by atoms with Crippen LogP contribution >= 0.6 is 12.6 Å². The first-order valence-corrected chi connectivity index (χ1v) is 7.23. The van der Waals surface area contributed by atoms with Gasteiger partial charge < -0.3 is 5.32 Å². The van der Waals surface area contributed by atoms with E-state index >= 15 is 0 Å². The van der Waals surface area contributed by atoms with Gasteiger partial charge in [-0.2, -0.15) is 0 Å². The van der Waals surface area contributed by atoms with Gasteiger partial charge in [0.2, 0.25) is 0 Å². The zero-order valence-corrected chi connectivity index (χ0v) is 12.5. The van der Waals surface area contributed by atoms with E-state index in [9.17, 15) is 9.59 Å². The lowest BCUT2D eigenvalue weighted by atomic mass is 10.1. The molecule has 0 heterocycles. The van der Waals surface area contributed by atoms with Gasteiger partial charge >= 0.3 is 0 Å². The van der Waals surface area contributed by atoms with Crippen molar-refractivity contribution >= 4 is 23.7 Å². The van der Waals surface area contributed by atoms with Crippen LogP contribution in [0.25, 0.3) is 0 Å². The number of rotatable bonds is 6. The quantitative estimate of drug-likeness (QED) is 0.806. The molecular weight excluding hydrogens is 282 g/mol. The second-order valence-electron chi connectivity index (χ2n) is 4.76. The van der Waals surface area contributed by atoms with Gasteiger partial charge in [0.05, 0.1) is 0 Å². The van der Waals surface area contributed by atoms with E-state index in [0.29, 0.717) is 18.5 Å². The van der Waals surface area contributed by atoms with Crippen molar-refractivity contribution in [2.24, 2.45) is 0 Å². The number of thiol groups is 1. The smallest absolute Gasteiger partial charge is 0.251 e. The molecule has 0 radical (unpaired) electrons. The van der Waals surface area contributed by atoms with Crippen LogP contribution in [0.3, 0.4) is 0 Å². The summed E-state index contributed by atoms with van der Waals surface area (Å²) in [5.41, 5.74) is 2.70. The van der Waals surface area contributed by atoms with Crippen LogP contribution in [0.4, 0.5) is 0 Å². The number of amides is 1. The van der Waals surface area contributed by atoms with Crippen molar-refractivity contribution in [1.82, 2.24) is 5.32 Å². The van der Waals surface area contributed by atoms with Crippen molar-refractivity contribution in [3.8, 4) is 0 Å². The fourth-order valence-electron chi connectivity index (χ4n) is 2.08. The maximum atomic E-state index is 11.9. The van der Waals surface area contributed by atoms with Gasteiger partial charge in [-0.05, 0) is 29.7 Å². The predicted molar refractivity (Wildman–Crippen MR) is 86.6 cm³/mol. The molecular formula is C17H17NO2S. The van der Waals surface area contributed by atoms with Gasteiger partial charge in [-0.3, -0.25) is 9.59 Å². The van der Waals surface area contributed by atoms with Crippen LogP contribution in [-0.4, -0.2) is 17.6 Å². The van der Waals surface area contributed by atoms with E-state index in [0.717, 1.165) is 17.5 Å². The Morgan fingerprint density at radius 1 is 0.952 bits per heavy atom. The van der Waals surface area contributed by atoms with Crippen LogP contribution in [-0.2, 0) is 17.6 Å². The standard InChI is InChI=1S/C17H17NO2S/c19-16(21)12-14-6-4-5-13(11-14)9-10-18-17(20)15-7-2-1-3-8-15/h1-8,11H,9-10,12H2,(H,18,20)(H,19,21). The number of hydrogen-bond acceptors (Lipinski definition) is 2. The van der Waals surface area contributed by atoms with Crippen molar-refractivity contribution in [2.45, 2.75) is 12.8 Å². The van der Waals surface area contributed by atoms with Gasteiger partial charge in [0.1, 0.15) is 0 Å². The molecule has 0 aliphatic rings. The zero-order chi connectivity index (χ0) is 15.1. The summed E-state index contributed by atoms with van der Waals surface area (Å²) in [5.74, 6) is -0.0720. The molecule has 0 saturated heterocycles. The molecule has 0 aromatic heterocycles. The molecule has 0 saturated carbocycles. The number of benzene rings is 2. The first-order chi connectivity index (χ1) is 10.1. The zero-order valence-electron chi connectivity index (χ0n) is 11.6. The van der Waals surface area contributed by atoms with E-state index < -0.39 is 0 Å². The maximum absolute atomic E-state index is 11.9. The molecule has 2 rings (SSSR count). The van der Waals surface area contributed by atoms with E-state index in [2.05, 4.69) is 17.9 Å². The lowest BCUT2D eigenvalue weighted by molar-refractivity contribution is -0.110. The van der Waals surface area contributed by atoms with E-state index in [-0.39, 0.29) is 11.0 Å². The molecule has 0 atom stereocenters. The second kappa shape index (κ2) is 7.64. The Kier molecular flexibility index (Phi) is 5.58. The number of hydrogen-bond donors (Lipinski definition) is 2. The molecule has 0 aliphatic carbocycles. The largest absolute Gasteiger partial charge is 0.352 e. The first kappa shape index (κ1) is 15.3. The highest BCUT2D eigenvalue weighted by molar-refractivity contribution is 7.96. The Balaban J connectivity index is 1.86. The third-order valence-electron chi connectivity index (χ3n) is 3.08. The average Bonchev–Trinajstić information content (AvgIpc) is 2.48. The van der Waals surface area contributed by atoms with Crippen molar-refractivity contribution in [1.29, 1.82) is 0 Å². The van der Waals surface area contributed by atoms with Gasteiger partial charge in [-0.15, -0.1) is 12.6 Å². The van der Waals surface area contributed by atoms with Crippen LogP contribution in [0.15, 0.2) is 54.6 Å². The van der Waals surface area contributed by atoms with E-state index in [1.165, 1.54) is 0 Å². The molecule has 2 aromatic rings. The minimum absolute atomic E-state index is 0.0720. The Morgan fingerprint density at radius 2 is 1.67 bits per heavy atom. The molecule has 21 heavy (non-hydrogen) atoms. The molecule has 2 aromatic carbocycles. The van der Waals surface area contributed by atoms with Crippen LogP contribution in [0.5, 0.6) is 0 Å². The molecule has 1 amide bonds. The highest BCUT2D eigenvalue weighted by atomic mass is 32.1. The normalized spacial score (nSPS) is 10.1. The van der Waals surface area contributed by atoms with Gasteiger partial charge in [-0.25, -0.2) is 0 Å². The highest BCUT2D eigenvalue weighted by Gasteiger charge is 2.04. The molecule has 4 heteroatoms. The minimum atomic E-state index is -0.149. The van der Waals surface area contributed by atoms with E-state index in [1.54, 1.807) is 12.1 Å². The third kappa shape index (κ3) is 5.08. The molecule has 0 spiro atoms.